The van der Waals surface area contributed by atoms with Crippen LogP contribution in [0.2, 0.25) is 0 Å². The van der Waals surface area contributed by atoms with E-state index in [0.717, 1.165) is 27.9 Å². The van der Waals surface area contributed by atoms with Crippen molar-refractivity contribution in [1.29, 1.82) is 0 Å². The number of nitrogens with zero attached hydrogens (tertiary/aromatic N) is 1. The maximum Gasteiger partial charge on any atom is 0.262 e. The van der Waals surface area contributed by atoms with Crippen LogP contribution in [0.1, 0.15) is 18.9 Å². The Hall–Kier alpha value is -3.28. The van der Waals surface area contributed by atoms with Crippen LogP contribution in [0.3, 0.4) is 0 Å². The molecule has 0 unspecified atom stereocenters. The number of methoxy groups -OCH3 is 1. The van der Waals surface area contributed by atoms with E-state index in [9.17, 15) is 4.79 Å². The van der Waals surface area contributed by atoms with E-state index in [2.05, 4.69) is 20.8 Å². The lowest BCUT2D eigenvalue weighted by Crippen LogP contribution is -2.36. The normalized spacial score (nSPS) is 12.2. The predicted octanol–water partition coefficient (Wildman–Crippen LogP) is 3.52. The van der Waals surface area contributed by atoms with Crippen LogP contribution in [-0.2, 0) is 4.79 Å². The average Bonchev–Trinajstić information content (AvgIpc) is 3.09. The van der Waals surface area contributed by atoms with Crippen molar-refractivity contribution in [2.24, 2.45) is 5.10 Å². The summed E-state index contributed by atoms with van der Waals surface area (Å²) in [6.45, 7) is 1.95. The van der Waals surface area contributed by atoms with Crippen LogP contribution in [0, 0.1) is 0 Å². The van der Waals surface area contributed by atoms with Crippen molar-refractivity contribution in [2.45, 2.75) is 19.4 Å². The molecule has 0 spiro atoms. The summed E-state index contributed by atoms with van der Waals surface area (Å²) in [5.41, 5.74) is 5.43. The molecule has 6 nitrogen and oxygen atoms in total. The van der Waals surface area contributed by atoms with Crippen molar-refractivity contribution in [3.8, 4) is 5.75 Å². The van der Waals surface area contributed by atoms with E-state index in [-0.39, 0.29) is 11.9 Å². The molecule has 1 aromatic heterocycles. The zero-order valence-corrected chi connectivity index (χ0v) is 14.8. The molecule has 6 heteroatoms. The van der Waals surface area contributed by atoms with Crippen LogP contribution in [-0.4, -0.2) is 30.3 Å². The summed E-state index contributed by atoms with van der Waals surface area (Å²) in [7, 11) is 1.62. The molecule has 26 heavy (non-hydrogen) atoms. The summed E-state index contributed by atoms with van der Waals surface area (Å²) < 4.78 is 5.14. The molecule has 0 aliphatic rings. The molecular formula is C20H22N4O2. The van der Waals surface area contributed by atoms with Gasteiger partial charge in [0.25, 0.3) is 5.91 Å². The second kappa shape index (κ2) is 8.20. The number of rotatable bonds is 7. The number of ether oxygens (including phenoxy) is 1. The van der Waals surface area contributed by atoms with Crippen LogP contribution in [0.25, 0.3) is 10.9 Å². The Morgan fingerprint density at radius 1 is 1.23 bits per heavy atom. The standard InChI is InChI=1S/C20H22N4O2/c1-3-18(23-15-8-10-16(26-2)11-9-15)20(25)24-22-13-14-12-21-19-7-5-4-6-17(14)19/h4-13,18,21,23H,3H2,1-2H3,(H,24,25)/b22-13-/t18-/m1/s1. The molecule has 0 fully saturated rings. The van der Waals surface area contributed by atoms with E-state index < -0.39 is 0 Å². The number of hydrazone groups is 1. The third kappa shape index (κ3) is 4.03. The third-order valence-corrected chi connectivity index (χ3v) is 4.16. The number of aromatic amines is 1. The lowest BCUT2D eigenvalue weighted by molar-refractivity contribution is -0.121. The molecule has 3 N–H and O–H groups in total. The Morgan fingerprint density at radius 2 is 2.00 bits per heavy atom. The summed E-state index contributed by atoms with van der Waals surface area (Å²) in [4.78, 5) is 15.5. The summed E-state index contributed by atoms with van der Waals surface area (Å²) in [5, 5.41) is 8.37. The monoisotopic (exact) mass is 350 g/mol. The first-order chi connectivity index (χ1) is 12.7. The number of hydrogen-bond donors (Lipinski definition) is 3. The minimum Gasteiger partial charge on any atom is -0.497 e. The van der Waals surface area contributed by atoms with Crippen molar-refractivity contribution >= 4 is 28.7 Å². The number of fused-ring (bicyclic) bond motifs is 1. The Kier molecular flexibility index (Phi) is 5.53. The van der Waals surface area contributed by atoms with E-state index in [1.807, 2.05) is 61.7 Å². The van der Waals surface area contributed by atoms with Crippen molar-refractivity contribution in [1.82, 2.24) is 10.4 Å². The molecule has 0 bridgehead atoms. The van der Waals surface area contributed by atoms with Gasteiger partial charge in [-0.25, -0.2) is 5.43 Å². The topological polar surface area (TPSA) is 78.5 Å². The second-order valence-electron chi connectivity index (χ2n) is 5.86. The molecule has 1 atom stereocenters. The number of para-hydroxylation sites is 1. The molecule has 134 valence electrons. The highest BCUT2D eigenvalue weighted by Gasteiger charge is 2.15. The van der Waals surface area contributed by atoms with Crippen molar-refractivity contribution in [3.05, 3.63) is 60.3 Å². The molecule has 0 radical (unpaired) electrons. The van der Waals surface area contributed by atoms with Gasteiger partial charge in [-0.3, -0.25) is 4.79 Å². The van der Waals surface area contributed by atoms with E-state index in [4.69, 9.17) is 4.74 Å². The number of hydrogen-bond acceptors (Lipinski definition) is 4. The largest absolute Gasteiger partial charge is 0.497 e. The number of carbonyl (C=O) groups is 1. The first kappa shape index (κ1) is 17.5. The number of aromatic nitrogens is 1. The fraction of sp³-hybridized carbons (Fsp3) is 0.200. The summed E-state index contributed by atoms with van der Waals surface area (Å²) in [5.74, 6) is 0.593. The van der Waals surface area contributed by atoms with Gasteiger partial charge < -0.3 is 15.0 Å². The Labute approximate surface area is 152 Å². The van der Waals surface area contributed by atoms with E-state index >= 15 is 0 Å². The molecule has 0 aliphatic heterocycles. The first-order valence-electron chi connectivity index (χ1n) is 8.51. The van der Waals surface area contributed by atoms with Gasteiger partial charge in [-0.15, -0.1) is 0 Å². The van der Waals surface area contributed by atoms with Crippen molar-refractivity contribution in [3.63, 3.8) is 0 Å². The van der Waals surface area contributed by atoms with Crippen LogP contribution >= 0.6 is 0 Å². The van der Waals surface area contributed by atoms with E-state index in [1.165, 1.54) is 0 Å². The molecule has 3 aromatic rings. The van der Waals surface area contributed by atoms with Crippen molar-refractivity contribution < 1.29 is 9.53 Å². The Bertz CT molecular complexity index is 900. The molecule has 0 saturated carbocycles. The number of carbonyl (C=O) groups excluding carboxylic acids is 1. The zero-order valence-electron chi connectivity index (χ0n) is 14.8. The highest BCUT2D eigenvalue weighted by molar-refractivity contribution is 5.99. The van der Waals surface area contributed by atoms with Crippen LogP contribution in [0.5, 0.6) is 5.75 Å². The summed E-state index contributed by atoms with van der Waals surface area (Å²) in [6.07, 6.45) is 4.16. The third-order valence-electron chi connectivity index (χ3n) is 4.16. The quantitative estimate of drug-likeness (QED) is 0.451. The molecule has 2 aromatic carbocycles. The Balaban J connectivity index is 1.61. The number of anilines is 1. The van der Waals surface area contributed by atoms with Gasteiger partial charge in [0.2, 0.25) is 0 Å². The van der Waals surface area contributed by atoms with Crippen molar-refractivity contribution in [2.75, 3.05) is 12.4 Å². The minimum atomic E-state index is -0.372. The summed E-state index contributed by atoms with van der Waals surface area (Å²) in [6, 6.07) is 15.0. The minimum absolute atomic E-state index is 0.181. The molecule has 0 saturated heterocycles. The highest BCUT2D eigenvalue weighted by atomic mass is 16.5. The fourth-order valence-corrected chi connectivity index (χ4v) is 2.69. The predicted molar refractivity (Wildman–Crippen MR) is 105 cm³/mol. The SMILES string of the molecule is CC[C@@H](Nc1ccc(OC)cc1)C(=O)N/N=C\c1c[nH]c2ccccc12. The maximum atomic E-state index is 12.4. The first-order valence-corrected chi connectivity index (χ1v) is 8.51. The molecule has 0 aliphatic carbocycles. The Morgan fingerprint density at radius 3 is 2.73 bits per heavy atom. The highest BCUT2D eigenvalue weighted by Crippen LogP contribution is 2.17. The summed E-state index contributed by atoms with van der Waals surface area (Å²) >= 11 is 0. The smallest absolute Gasteiger partial charge is 0.262 e. The number of amides is 1. The zero-order chi connectivity index (χ0) is 18.4. The molecular weight excluding hydrogens is 328 g/mol. The lowest BCUT2D eigenvalue weighted by atomic mass is 10.2. The maximum absolute atomic E-state index is 12.4. The van der Waals surface area contributed by atoms with E-state index in [0.29, 0.717) is 6.42 Å². The molecule has 1 heterocycles. The van der Waals surface area contributed by atoms with Gasteiger partial charge in [0.1, 0.15) is 11.8 Å². The van der Waals surface area contributed by atoms with Gasteiger partial charge in [0.05, 0.1) is 13.3 Å². The van der Waals surface area contributed by atoms with Gasteiger partial charge in [-0.05, 0) is 36.8 Å². The molecule has 1 amide bonds. The average molecular weight is 350 g/mol. The lowest BCUT2D eigenvalue weighted by Gasteiger charge is -2.16. The van der Waals surface area contributed by atoms with Gasteiger partial charge >= 0.3 is 0 Å². The number of nitrogens with one attached hydrogen (secondary N) is 3. The van der Waals surface area contributed by atoms with Crippen LogP contribution < -0.4 is 15.5 Å². The second-order valence-corrected chi connectivity index (χ2v) is 5.86. The molecule has 3 rings (SSSR count). The van der Waals surface area contributed by atoms with Crippen LogP contribution in [0.15, 0.2) is 59.8 Å². The number of H-pyrrole nitrogens is 1. The van der Waals surface area contributed by atoms with Gasteiger partial charge in [0.15, 0.2) is 0 Å². The fourth-order valence-electron chi connectivity index (χ4n) is 2.69. The van der Waals surface area contributed by atoms with Crippen LogP contribution in [0.4, 0.5) is 5.69 Å². The van der Waals surface area contributed by atoms with E-state index in [1.54, 1.807) is 13.3 Å². The number of benzene rings is 2. The van der Waals surface area contributed by atoms with Gasteiger partial charge in [-0.1, -0.05) is 25.1 Å². The van der Waals surface area contributed by atoms with Gasteiger partial charge in [0, 0.05) is 28.4 Å². The van der Waals surface area contributed by atoms with Gasteiger partial charge in [-0.2, -0.15) is 5.10 Å².